The van der Waals surface area contributed by atoms with Crippen molar-refractivity contribution in [3.63, 3.8) is 0 Å². The zero-order valence-electron chi connectivity index (χ0n) is 11.5. The average molecular weight is 279 g/mol. The van der Waals surface area contributed by atoms with Crippen LogP contribution in [-0.4, -0.2) is 47.9 Å². The summed E-state index contributed by atoms with van der Waals surface area (Å²) < 4.78 is 0. The first-order chi connectivity index (χ1) is 8.99. The van der Waals surface area contributed by atoms with Gasteiger partial charge in [0.25, 0.3) is 0 Å². The fraction of sp³-hybridized carbons (Fsp3) is 0.429. The van der Waals surface area contributed by atoms with Gasteiger partial charge < -0.3 is 10.6 Å². The van der Waals surface area contributed by atoms with E-state index in [9.17, 15) is 4.79 Å². The zero-order valence-corrected chi connectivity index (χ0v) is 12.3. The van der Waals surface area contributed by atoms with Crippen molar-refractivity contribution < 1.29 is 4.79 Å². The Bertz CT molecular complexity index is 422. The molecule has 2 N–H and O–H groups in total. The average Bonchev–Trinajstić information content (AvgIpc) is 2.36. The molecule has 1 aromatic carbocycles. The Hall–Kier alpha value is -1.46. The van der Waals surface area contributed by atoms with Gasteiger partial charge in [-0.2, -0.15) is 0 Å². The maximum atomic E-state index is 12.0. The molecule has 0 saturated heterocycles. The summed E-state index contributed by atoms with van der Waals surface area (Å²) in [5, 5.41) is 0. The molecule has 0 fully saturated rings. The predicted octanol–water partition coefficient (Wildman–Crippen LogP) is 1.25. The summed E-state index contributed by atoms with van der Waals surface area (Å²) in [6.07, 6.45) is 0.569. The lowest BCUT2D eigenvalue weighted by molar-refractivity contribution is -0.130. The molecule has 0 radical (unpaired) electrons. The van der Waals surface area contributed by atoms with Crippen molar-refractivity contribution in [3.8, 4) is 0 Å². The van der Waals surface area contributed by atoms with Crippen LogP contribution in [0.4, 0.5) is 0 Å². The highest BCUT2D eigenvalue weighted by Gasteiger charge is 2.11. The summed E-state index contributed by atoms with van der Waals surface area (Å²) in [5.74, 6) is 0.0784. The molecule has 1 aromatic rings. The smallest absolute Gasteiger partial charge is 0.236 e. The second kappa shape index (κ2) is 7.86. The number of benzene rings is 1. The number of thiocarbonyl (C=S) groups is 1. The Balaban J connectivity index is 2.37. The van der Waals surface area contributed by atoms with E-state index in [1.165, 1.54) is 5.56 Å². The third-order valence-corrected chi connectivity index (χ3v) is 3.02. The number of nitrogens with zero attached hydrogens (tertiary/aromatic N) is 2. The van der Waals surface area contributed by atoms with Crippen molar-refractivity contribution >= 4 is 23.1 Å². The highest BCUT2D eigenvalue weighted by Crippen LogP contribution is 2.02. The van der Waals surface area contributed by atoms with E-state index >= 15 is 0 Å². The summed E-state index contributed by atoms with van der Waals surface area (Å²) in [7, 11) is 3.71. The first-order valence-electron chi connectivity index (χ1n) is 6.23. The molecular weight excluding hydrogens is 258 g/mol. The number of rotatable bonds is 7. The van der Waals surface area contributed by atoms with Crippen molar-refractivity contribution in [1.29, 1.82) is 0 Å². The molecule has 0 aliphatic heterocycles. The van der Waals surface area contributed by atoms with E-state index in [1.807, 2.05) is 30.1 Å². The van der Waals surface area contributed by atoms with Gasteiger partial charge in [0, 0.05) is 26.6 Å². The van der Waals surface area contributed by atoms with E-state index in [-0.39, 0.29) is 5.91 Å². The van der Waals surface area contributed by atoms with E-state index in [1.54, 1.807) is 11.9 Å². The number of hydrogen-bond acceptors (Lipinski definition) is 3. The Kier molecular flexibility index (Phi) is 6.45. The Morgan fingerprint density at radius 2 is 1.89 bits per heavy atom. The predicted molar refractivity (Wildman–Crippen MR) is 81.8 cm³/mol. The Morgan fingerprint density at radius 1 is 1.26 bits per heavy atom. The van der Waals surface area contributed by atoms with E-state index in [0.717, 1.165) is 6.54 Å². The molecule has 0 aliphatic carbocycles. The maximum Gasteiger partial charge on any atom is 0.236 e. The first-order valence-corrected chi connectivity index (χ1v) is 6.64. The van der Waals surface area contributed by atoms with Crippen LogP contribution < -0.4 is 5.73 Å². The number of nitrogens with two attached hydrogens (primary N) is 1. The van der Waals surface area contributed by atoms with Gasteiger partial charge in [0.15, 0.2) is 0 Å². The minimum Gasteiger partial charge on any atom is -0.393 e. The Morgan fingerprint density at radius 3 is 2.47 bits per heavy atom. The summed E-state index contributed by atoms with van der Waals surface area (Å²) in [6.45, 7) is 1.73. The molecule has 0 bridgehead atoms. The van der Waals surface area contributed by atoms with Crippen molar-refractivity contribution in [2.75, 3.05) is 27.2 Å². The monoisotopic (exact) mass is 279 g/mol. The van der Waals surface area contributed by atoms with Gasteiger partial charge in [0.1, 0.15) is 0 Å². The molecule has 0 spiro atoms. The van der Waals surface area contributed by atoms with Gasteiger partial charge in [-0.3, -0.25) is 9.69 Å². The van der Waals surface area contributed by atoms with E-state index < -0.39 is 0 Å². The normalized spacial score (nSPS) is 10.5. The van der Waals surface area contributed by atoms with Crippen LogP contribution >= 0.6 is 12.2 Å². The molecule has 0 saturated carbocycles. The highest BCUT2D eigenvalue weighted by molar-refractivity contribution is 7.80. The van der Waals surface area contributed by atoms with E-state index in [4.69, 9.17) is 18.0 Å². The summed E-state index contributed by atoms with van der Waals surface area (Å²) in [5.41, 5.74) is 6.63. The van der Waals surface area contributed by atoms with Gasteiger partial charge in [0.05, 0.1) is 11.5 Å². The van der Waals surface area contributed by atoms with Gasteiger partial charge in [-0.05, 0) is 12.6 Å². The summed E-state index contributed by atoms with van der Waals surface area (Å²) in [6, 6.07) is 10.1. The van der Waals surface area contributed by atoms with Crippen molar-refractivity contribution in [1.82, 2.24) is 9.80 Å². The second-order valence-electron chi connectivity index (χ2n) is 4.69. The van der Waals surface area contributed by atoms with Gasteiger partial charge in [-0.1, -0.05) is 42.5 Å². The van der Waals surface area contributed by atoms with Gasteiger partial charge in [-0.15, -0.1) is 0 Å². The van der Waals surface area contributed by atoms with Crippen LogP contribution in [0.2, 0.25) is 0 Å². The molecule has 104 valence electrons. The topological polar surface area (TPSA) is 49.6 Å². The standard InChI is InChI=1S/C14H21N3OS/c1-16(10-12-6-4-3-5-7-12)11-14(18)17(2)9-8-13(15)19/h3-7H,8-11H2,1-2H3,(H2,15,19). The first kappa shape index (κ1) is 15.6. The van der Waals surface area contributed by atoms with Crippen LogP contribution in [0.1, 0.15) is 12.0 Å². The molecule has 5 heteroatoms. The molecule has 1 rings (SSSR count). The number of carbonyl (C=O) groups is 1. The number of carbonyl (C=O) groups excluding carboxylic acids is 1. The van der Waals surface area contributed by atoms with E-state index in [2.05, 4.69) is 12.1 Å². The van der Waals surface area contributed by atoms with Gasteiger partial charge in [-0.25, -0.2) is 0 Å². The molecule has 0 atom stereocenters. The van der Waals surface area contributed by atoms with Crippen molar-refractivity contribution in [3.05, 3.63) is 35.9 Å². The number of amides is 1. The highest BCUT2D eigenvalue weighted by atomic mass is 32.1. The van der Waals surface area contributed by atoms with Crippen LogP contribution in [0.25, 0.3) is 0 Å². The molecule has 0 aromatic heterocycles. The largest absolute Gasteiger partial charge is 0.393 e. The minimum absolute atomic E-state index is 0.0784. The fourth-order valence-electron chi connectivity index (χ4n) is 1.71. The van der Waals surface area contributed by atoms with Crippen LogP contribution in [0.3, 0.4) is 0 Å². The number of likely N-dealkylation sites (N-methyl/N-ethyl adjacent to an activating group) is 2. The van der Waals surface area contributed by atoms with Crippen molar-refractivity contribution in [2.45, 2.75) is 13.0 Å². The van der Waals surface area contributed by atoms with E-state index in [0.29, 0.717) is 24.5 Å². The van der Waals surface area contributed by atoms with Crippen LogP contribution in [0, 0.1) is 0 Å². The van der Waals surface area contributed by atoms with Crippen LogP contribution in [0.15, 0.2) is 30.3 Å². The summed E-state index contributed by atoms with van der Waals surface area (Å²) >= 11 is 4.80. The lowest BCUT2D eigenvalue weighted by atomic mass is 10.2. The molecule has 0 aliphatic rings. The second-order valence-corrected chi connectivity index (χ2v) is 5.21. The molecule has 1 amide bonds. The lowest BCUT2D eigenvalue weighted by Gasteiger charge is -2.21. The third kappa shape index (κ3) is 6.31. The summed E-state index contributed by atoms with van der Waals surface area (Å²) in [4.78, 5) is 16.1. The number of hydrogen-bond donors (Lipinski definition) is 1. The maximum absolute atomic E-state index is 12.0. The quantitative estimate of drug-likeness (QED) is 0.763. The van der Waals surface area contributed by atoms with Crippen molar-refractivity contribution in [2.24, 2.45) is 5.73 Å². The molecular formula is C14H21N3OS. The molecule has 19 heavy (non-hydrogen) atoms. The van der Waals surface area contributed by atoms with Gasteiger partial charge in [0.2, 0.25) is 5.91 Å². The minimum atomic E-state index is 0.0784. The molecule has 0 unspecified atom stereocenters. The fourth-order valence-corrected chi connectivity index (χ4v) is 1.80. The van der Waals surface area contributed by atoms with Crippen LogP contribution in [-0.2, 0) is 11.3 Å². The SMILES string of the molecule is CN(CC(=O)N(C)CCC(N)=S)Cc1ccccc1. The zero-order chi connectivity index (χ0) is 14.3. The Labute approximate surface area is 120 Å². The molecule has 4 nitrogen and oxygen atoms in total. The molecule has 0 heterocycles. The lowest BCUT2D eigenvalue weighted by Crippen LogP contribution is -2.37. The van der Waals surface area contributed by atoms with Gasteiger partial charge >= 0.3 is 0 Å². The third-order valence-electron chi connectivity index (χ3n) is 2.82. The van der Waals surface area contributed by atoms with Crippen LogP contribution in [0.5, 0.6) is 0 Å².